The number of nitrogens with zero attached hydrogens (tertiary/aromatic N) is 7. The molecule has 8 nitrogen and oxygen atoms in total. The van der Waals surface area contributed by atoms with Crippen LogP contribution in [0.25, 0.3) is 22.5 Å². The molecule has 148 valence electrons. The molecule has 0 saturated heterocycles. The molecule has 0 bridgehead atoms. The second-order valence-corrected chi connectivity index (χ2v) is 7.31. The number of tetrazole rings is 1. The number of aryl methyl sites for hydroxylation is 1. The summed E-state index contributed by atoms with van der Waals surface area (Å²) in [5.41, 5.74) is 4.16. The molecule has 0 spiro atoms. The van der Waals surface area contributed by atoms with Gasteiger partial charge in [0.05, 0.1) is 0 Å². The quantitative estimate of drug-likeness (QED) is 0.519. The molecule has 3 heterocycles. The van der Waals surface area contributed by atoms with E-state index >= 15 is 0 Å². The Labute approximate surface area is 169 Å². The van der Waals surface area contributed by atoms with Crippen LogP contribution < -0.4 is 0 Å². The van der Waals surface area contributed by atoms with E-state index in [1.54, 1.807) is 6.20 Å². The van der Waals surface area contributed by atoms with E-state index < -0.39 is 0 Å². The van der Waals surface area contributed by atoms with Crippen molar-refractivity contribution in [3.8, 4) is 22.5 Å². The van der Waals surface area contributed by atoms with Gasteiger partial charge in [-0.05, 0) is 34.0 Å². The Morgan fingerprint density at radius 2 is 1.90 bits per heavy atom. The van der Waals surface area contributed by atoms with Crippen LogP contribution >= 0.6 is 0 Å². The summed E-state index contributed by atoms with van der Waals surface area (Å²) < 4.78 is 2.04. The zero-order valence-electron chi connectivity index (χ0n) is 16.9. The van der Waals surface area contributed by atoms with Crippen molar-refractivity contribution in [1.82, 2.24) is 40.4 Å². The molecule has 0 aliphatic rings. The summed E-state index contributed by atoms with van der Waals surface area (Å²) in [6.45, 7) is 7.29. The van der Waals surface area contributed by atoms with E-state index in [9.17, 15) is 0 Å². The van der Waals surface area contributed by atoms with Crippen molar-refractivity contribution in [2.45, 2.75) is 46.1 Å². The van der Waals surface area contributed by atoms with Gasteiger partial charge in [0.15, 0.2) is 11.6 Å². The first-order valence-electron chi connectivity index (χ1n) is 9.86. The molecule has 29 heavy (non-hydrogen) atoms. The topological polar surface area (TPSA) is 98.1 Å². The molecular weight excluding hydrogens is 364 g/mol. The van der Waals surface area contributed by atoms with Crippen LogP contribution in [0.15, 0.2) is 42.7 Å². The summed E-state index contributed by atoms with van der Waals surface area (Å²) in [7, 11) is 0. The van der Waals surface area contributed by atoms with Crippen LogP contribution in [-0.2, 0) is 13.0 Å². The summed E-state index contributed by atoms with van der Waals surface area (Å²) in [4.78, 5) is 9.04. The van der Waals surface area contributed by atoms with Gasteiger partial charge < -0.3 is 0 Å². The lowest BCUT2D eigenvalue weighted by atomic mass is 9.99. The molecule has 0 atom stereocenters. The van der Waals surface area contributed by atoms with Crippen LogP contribution in [0, 0.1) is 0 Å². The molecule has 8 heteroatoms. The maximum Gasteiger partial charge on any atom is 0.180 e. The first-order valence-corrected chi connectivity index (χ1v) is 9.86. The molecule has 0 unspecified atom stereocenters. The number of hydrogen-bond acceptors (Lipinski definition) is 6. The third kappa shape index (κ3) is 4.06. The Balaban J connectivity index is 1.60. The highest BCUT2D eigenvalue weighted by molar-refractivity contribution is 5.79. The molecule has 4 aromatic rings. The molecule has 0 saturated carbocycles. The average molecular weight is 388 g/mol. The lowest BCUT2D eigenvalue weighted by Crippen LogP contribution is -2.06. The highest BCUT2D eigenvalue weighted by Gasteiger charge is 2.14. The fourth-order valence-corrected chi connectivity index (χ4v) is 3.25. The predicted octanol–water partition coefficient (Wildman–Crippen LogP) is 3.64. The third-order valence-electron chi connectivity index (χ3n) is 4.77. The Morgan fingerprint density at radius 1 is 1.07 bits per heavy atom. The molecule has 0 amide bonds. The van der Waals surface area contributed by atoms with Crippen LogP contribution in [-0.4, -0.2) is 40.4 Å². The minimum atomic E-state index is 0.323. The first-order chi connectivity index (χ1) is 14.2. The SMILES string of the molecule is CCCn1nc(C(C)C)nc1Cc1ccc(-c2cnccc2-c2nnn[nH]2)cc1. The Morgan fingerprint density at radius 3 is 2.59 bits per heavy atom. The average Bonchev–Trinajstić information content (AvgIpc) is 3.40. The maximum absolute atomic E-state index is 4.77. The van der Waals surface area contributed by atoms with Crippen molar-refractivity contribution in [2.75, 3.05) is 0 Å². The van der Waals surface area contributed by atoms with E-state index in [-0.39, 0.29) is 0 Å². The third-order valence-corrected chi connectivity index (χ3v) is 4.77. The first kappa shape index (κ1) is 18.9. The normalized spacial score (nSPS) is 11.3. The summed E-state index contributed by atoms with van der Waals surface area (Å²) in [5, 5.41) is 18.9. The molecule has 4 rings (SSSR count). The number of hydrogen-bond donors (Lipinski definition) is 1. The van der Waals surface area contributed by atoms with Crippen molar-refractivity contribution in [1.29, 1.82) is 0 Å². The zero-order chi connectivity index (χ0) is 20.2. The summed E-state index contributed by atoms with van der Waals surface area (Å²) >= 11 is 0. The summed E-state index contributed by atoms with van der Waals surface area (Å²) in [5.74, 6) is 2.87. The smallest absolute Gasteiger partial charge is 0.180 e. The van der Waals surface area contributed by atoms with Gasteiger partial charge in [0.2, 0.25) is 0 Å². The van der Waals surface area contributed by atoms with E-state index in [4.69, 9.17) is 4.98 Å². The van der Waals surface area contributed by atoms with Gasteiger partial charge in [-0.25, -0.2) is 14.8 Å². The van der Waals surface area contributed by atoms with E-state index in [2.05, 4.69) is 75.7 Å². The Hall–Kier alpha value is -3.42. The standard InChI is InChI=1S/C21H24N8/c1-4-11-29-19(23-20(26-29)14(2)3)12-15-5-7-16(8-6-15)18-13-22-10-9-17(18)21-24-27-28-25-21/h5-10,13-14H,4,11-12H2,1-3H3,(H,24,25,27,28). The summed E-state index contributed by atoms with van der Waals surface area (Å²) in [6.07, 6.45) is 5.36. The second-order valence-electron chi connectivity index (χ2n) is 7.31. The van der Waals surface area contributed by atoms with Gasteiger partial charge in [0.1, 0.15) is 5.82 Å². The molecular formula is C21H24N8. The second kappa shape index (κ2) is 8.30. The van der Waals surface area contributed by atoms with Crippen molar-refractivity contribution in [2.24, 2.45) is 0 Å². The van der Waals surface area contributed by atoms with E-state index in [0.29, 0.717) is 11.7 Å². The van der Waals surface area contributed by atoms with Crippen LogP contribution in [0.5, 0.6) is 0 Å². The molecule has 0 aliphatic carbocycles. The van der Waals surface area contributed by atoms with Crippen LogP contribution in [0.4, 0.5) is 0 Å². The van der Waals surface area contributed by atoms with Crippen LogP contribution in [0.1, 0.15) is 50.3 Å². The fraction of sp³-hybridized carbons (Fsp3) is 0.333. The molecule has 0 radical (unpaired) electrons. The van der Waals surface area contributed by atoms with Gasteiger partial charge >= 0.3 is 0 Å². The number of nitrogens with one attached hydrogen (secondary N) is 1. The summed E-state index contributed by atoms with van der Waals surface area (Å²) in [6, 6.07) is 10.4. The van der Waals surface area contributed by atoms with E-state index in [0.717, 1.165) is 47.7 Å². The van der Waals surface area contributed by atoms with Crippen molar-refractivity contribution < 1.29 is 0 Å². The number of pyridine rings is 1. The largest absolute Gasteiger partial charge is 0.264 e. The van der Waals surface area contributed by atoms with Gasteiger partial charge in [-0.1, -0.05) is 45.0 Å². The van der Waals surface area contributed by atoms with Crippen molar-refractivity contribution in [3.05, 3.63) is 59.9 Å². The van der Waals surface area contributed by atoms with E-state index in [1.165, 1.54) is 5.56 Å². The maximum atomic E-state index is 4.77. The van der Waals surface area contributed by atoms with Gasteiger partial charge in [0.25, 0.3) is 0 Å². The predicted molar refractivity (Wildman–Crippen MR) is 110 cm³/mol. The van der Waals surface area contributed by atoms with Gasteiger partial charge in [-0.2, -0.15) is 5.10 Å². The number of rotatable bonds is 7. The van der Waals surface area contributed by atoms with Crippen molar-refractivity contribution in [3.63, 3.8) is 0 Å². The highest BCUT2D eigenvalue weighted by Crippen LogP contribution is 2.29. The van der Waals surface area contributed by atoms with Gasteiger partial charge in [0, 0.05) is 42.4 Å². The molecule has 1 aromatic carbocycles. The Kier molecular flexibility index (Phi) is 5.41. The fourth-order valence-electron chi connectivity index (χ4n) is 3.25. The molecule has 1 N–H and O–H groups in total. The molecule has 0 fully saturated rings. The monoisotopic (exact) mass is 388 g/mol. The lowest BCUT2D eigenvalue weighted by Gasteiger charge is -2.08. The molecule has 0 aliphatic heterocycles. The minimum absolute atomic E-state index is 0.323. The number of aromatic amines is 1. The minimum Gasteiger partial charge on any atom is -0.264 e. The lowest BCUT2D eigenvalue weighted by molar-refractivity contribution is 0.567. The Bertz CT molecular complexity index is 1060. The zero-order valence-corrected chi connectivity index (χ0v) is 16.9. The van der Waals surface area contributed by atoms with Crippen LogP contribution in [0.3, 0.4) is 0 Å². The van der Waals surface area contributed by atoms with Crippen molar-refractivity contribution >= 4 is 0 Å². The highest BCUT2D eigenvalue weighted by atomic mass is 15.5. The van der Waals surface area contributed by atoms with Crippen LogP contribution in [0.2, 0.25) is 0 Å². The van der Waals surface area contributed by atoms with E-state index in [1.807, 2.05) is 16.9 Å². The van der Waals surface area contributed by atoms with Gasteiger partial charge in [-0.15, -0.1) is 5.10 Å². The number of benzene rings is 1. The number of H-pyrrole nitrogens is 1. The van der Waals surface area contributed by atoms with Gasteiger partial charge in [-0.3, -0.25) is 4.98 Å². The molecule has 3 aromatic heterocycles. The number of aromatic nitrogens is 8.